The standard InChI is InChI=1S/C9H14F3NO3/c10-9(11,12)5-15-6-1-3-7(4-2-6)16-8(13)14/h6-7H,1-5H2,(H2,13,14). The molecule has 1 fully saturated rings. The molecule has 4 nitrogen and oxygen atoms in total. The Morgan fingerprint density at radius 2 is 1.69 bits per heavy atom. The van der Waals surface area contributed by atoms with Crippen molar-refractivity contribution in [2.75, 3.05) is 6.61 Å². The fourth-order valence-electron chi connectivity index (χ4n) is 1.69. The number of amides is 1. The van der Waals surface area contributed by atoms with Gasteiger partial charge in [-0.05, 0) is 25.7 Å². The number of primary amides is 1. The molecule has 0 aromatic rings. The van der Waals surface area contributed by atoms with Gasteiger partial charge in [0, 0.05) is 0 Å². The third-order valence-electron chi connectivity index (χ3n) is 2.39. The van der Waals surface area contributed by atoms with Gasteiger partial charge in [0.25, 0.3) is 0 Å². The molecule has 0 saturated heterocycles. The van der Waals surface area contributed by atoms with E-state index in [9.17, 15) is 18.0 Å². The molecule has 0 aliphatic heterocycles. The van der Waals surface area contributed by atoms with Crippen molar-refractivity contribution in [2.24, 2.45) is 5.73 Å². The van der Waals surface area contributed by atoms with Gasteiger partial charge < -0.3 is 15.2 Å². The summed E-state index contributed by atoms with van der Waals surface area (Å²) in [4.78, 5) is 10.4. The topological polar surface area (TPSA) is 61.6 Å². The Morgan fingerprint density at radius 3 is 2.12 bits per heavy atom. The third kappa shape index (κ3) is 5.20. The molecule has 0 unspecified atom stereocenters. The van der Waals surface area contributed by atoms with Crippen LogP contribution in [-0.2, 0) is 9.47 Å². The van der Waals surface area contributed by atoms with Gasteiger partial charge in [-0.1, -0.05) is 0 Å². The van der Waals surface area contributed by atoms with Crippen molar-refractivity contribution in [3.63, 3.8) is 0 Å². The molecule has 7 heteroatoms. The van der Waals surface area contributed by atoms with Gasteiger partial charge in [-0.3, -0.25) is 0 Å². The maximum atomic E-state index is 11.8. The number of hydrogen-bond acceptors (Lipinski definition) is 3. The minimum atomic E-state index is -4.29. The second-order valence-corrected chi connectivity index (χ2v) is 3.76. The molecule has 94 valence electrons. The number of ether oxygens (including phenoxy) is 2. The first kappa shape index (κ1) is 13.1. The molecular weight excluding hydrogens is 227 g/mol. The summed E-state index contributed by atoms with van der Waals surface area (Å²) < 4.78 is 45.0. The van der Waals surface area contributed by atoms with Crippen molar-refractivity contribution in [2.45, 2.75) is 44.1 Å². The van der Waals surface area contributed by atoms with Gasteiger partial charge in [-0.2, -0.15) is 13.2 Å². The van der Waals surface area contributed by atoms with Crippen molar-refractivity contribution in [1.29, 1.82) is 0 Å². The summed E-state index contributed by atoms with van der Waals surface area (Å²) in [7, 11) is 0. The first-order chi connectivity index (χ1) is 7.37. The lowest BCUT2D eigenvalue weighted by Gasteiger charge is -2.28. The van der Waals surface area contributed by atoms with Gasteiger partial charge in [0.2, 0.25) is 0 Å². The number of carbonyl (C=O) groups is 1. The Morgan fingerprint density at radius 1 is 1.19 bits per heavy atom. The molecule has 1 amide bonds. The molecule has 0 aromatic heterocycles. The summed E-state index contributed by atoms with van der Waals surface area (Å²) in [5.41, 5.74) is 4.83. The molecule has 1 rings (SSSR count). The highest BCUT2D eigenvalue weighted by molar-refractivity contribution is 5.64. The van der Waals surface area contributed by atoms with Crippen LogP contribution in [0, 0.1) is 0 Å². The van der Waals surface area contributed by atoms with Crippen LogP contribution in [0.2, 0.25) is 0 Å². The molecule has 16 heavy (non-hydrogen) atoms. The summed E-state index contributed by atoms with van der Waals surface area (Å²) in [5, 5.41) is 0. The molecule has 0 spiro atoms. The summed E-state index contributed by atoms with van der Waals surface area (Å²) in [6.45, 7) is -1.22. The van der Waals surface area contributed by atoms with Crippen LogP contribution in [0.5, 0.6) is 0 Å². The Labute approximate surface area is 90.9 Å². The van der Waals surface area contributed by atoms with E-state index >= 15 is 0 Å². The number of carbonyl (C=O) groups excluding carboxylic acids is 1. The van der Waals surface area contributed by atoms with Crippen LogP contribution in [0.4, 0.5) is 18.0 Å². The van der Waals surface area contributed by atoms with Crippen LogP contribution >= 0.6 is 0 Å². The summed E-state index contributed by atoms with van der Waals surface area (Å²) in [6.07, 6.45) is -3.95. The Hall–Kier alpha value is -0.980. The van der Waals surface area contributed by atoms with Crippen molar-refractivity contribution in [3.8, 4) is 0 Å². The van der Waals surface area contributed by atoms with E-state index in [-0.39, 0.29) is 6.10 Å². The smallest absolute Gasteiger partial charge is 0.411 e. The van der Waals surface area contributed by atoms with Crippen LogP contribution in [0.3, 0.4) is 0 Å². The first-order valence-electron chi connectivity index (χ1n) is 5.01. The molecule has 1 saturated carbocycles. The molecule has 1 aliphatic rings. The predicted molar refractivity (Wildman–Crippen MR) is 48.7 cm³/mol. The minimum Gasteiger partial charge on any atom is -0.446 e. The number of alkyl halides is 3. The lowest BCUT2D eigenvalue weighted by atomic mass is 9.95. The minimum absolute atomic E-state index is 0.289. The van der Waals surface area contributed by atoms with E-state index in [4.69, 9.17) is 15.2 Å². The number of halogens is 3. The Balaban J connectivity index is 2.19. The molecular formula is C9H14F3NO3. The molecule has 0 radical (unpaired) electrons. The maximum absolute atomic E-state index is 11.8. The van der Waals surface area contributed by atoms with E-state index in [0.29, 0.717) is 25.7 Å². The van der Waals surface area contributed by atoms with Gasteiger partial charge >= 0.3 is 12.3 Å². The van der Waals surface area contributed by atoms with E-state index in [0.717, 1.165) is 0 Å². The molecule has 0 aromatic carbocycles. The van der Waals surface area contributed by atoms with E-state index < -0.39 is 25.0 Å². The SMILES string of the molecule is NC(=O)OC1CCC(OCC(F)(F)F)CC1. The monoisotopic (exact) mass is 241 g/mol. The van der Waals surface area contributed by atoms with E-state index in [1.165, 1.54) is 0 Å². The van der Waals surface area contributed by atoms with Gasteiger partial charge in [0.15, 0.2) is 0 Å². The van der Waals surface area contributed by atoms with Crippen LogP contribution in [0.15, 0.2) is 0 Å². The first-order valence-corrected chi connectivity index (χ1v) is 5.01. The number of nitrogens with two attached hydrogens (primary N) is 1. The zero-order chi connectivity index (χ0) is 12.2. The van der Waals surface area contributed by atoms with Gasteiger partial charge in [-0.25, -0.2) is 4.79 Å². The fourth-order valence-corrected chi connectivity index (χ4v) is 1.69. The van der Waals surface area contributed by atoms with Crippen molar-refractivity contribution >= 4 is 6.09 Å². The van der Waals surface area contributed by atoms with E-state index in [1.807, 2.05) is 0 Å². The molecule has 2 N–H and O–H groups in total. The normalized spacial score (nSPS) is 26.4. The molecule has 0 bridgehead atoms. The highest BCUT2D eigenvalue weighted by Crippen LogP contribution is 2.25. The summed E-state index contributed by atoms with van der Waals surface area (Å²) in [5.74, 6) is 0. The largest absolute Gasteiger partial charge is 0.446 e. The average molecular weight is 241 g/mol. The third-order valence-corrected chi connectivity index (χ3v) is 2.39. The van der Waals surface area contributed by atoms with Gasteiger partial charge in [0.05, 0.1) is 6.10 Å². The molecule has 0 heterocycles. The van der Waals surface area contributed by atoms with Crippen LogP contribution in [0.25, 0.3) is 0 Å². The average Bonchev–Trinajstić information content (AvgIpc) is 2.14. The van der Waals surface area contributed by atoms with E-state index in [1.54, 1.807) is 0 Å². The quantitative estimate of drug-likeness (QED) is 0.821. The van der Waals surface area contributed by atoms with Crippen LogP contribution in [0.1, 0.15) is 25.7 Å². The number of rotatable bonds is 3. The Bertz CT molecular complexity index is 237. The lowest BCUT2D eigenvalue weighted by molar-refractivity contribution is -0.189. The summed E-state index contributed by atoms with van der Waals surface area (Å²) in [6, 6.07) is 0. The van der Waals surface area contributed by atoms with Crippen LogP contribution in [-0.4, -0.2) is 31.1 Å². The van der Waals surface area contributed by atoms with Crippen molar-refractivity contribution in [3.05, 3.63) is 0 Å². The zero-order valence-electron chi connectivity index (χ0n) is 8.63. The zero-order valence-corrected chi connectivity index (χ0v) is 8.63. The summed E-state index contributed by atoms with van der Waals surface area (Å²) >= 11 is 0. The molecule has 0 atom stereocenters. The van der Waals surface area contributed by atoms with Crippen LogP contribution < -0.4 is 5.73 Å². The van der Waals surface area contributed by atoms with Crippen molar-refractivity contribution < 1.29 is 27.4 Å². The van der Waals surface area contributed by atoms with Gasteiger partial charge in [-0.15, -0.1) is 0 Å². The van der Waals surface area contributed by atoms with Gasteiger partial charge in [0.1, 0.15) is 12.7 Å². The van der Waals surface area contributed by atoms with E-state index in [2.05, 4.69) is 0 Å². The second-order valence-electron chi connectivity index (χ2n) is 3.76. The highest BCUT2D eigenvalue weighted by atomic mass is 19.4. The predicted octanol–water partition coefficient (Wildman–Crippen LogP) is 1.97. The lowest BCUT2D eigenvalue weighted by Crippen LogP contribution is -2.32. The van der Waals surface area contributed by atoms with Crippen molar-refractivity contribution in [1.82, 2.24) is 0 Å². The highest BCUT2D eigenvalue weighted by Gasteiger charge is 2.31. The Kier molecular flexibility index (Phi) is 4.40. The maximum Gasteiger partial charge on any atom is 0.411 e. The second kappa shape index (κ2) is 5.38. The fraction of sp³-hybridized carbons (Fsp3) is 0.889. The molecule has 1 aliphatic carbocycles. The number of hydrogen-bond donors (Lipinski definition) is 1.